The molecule has 14 nitrogen and oxygen atoms in total. The Bertz CT molecular complexity index is 1360. The van der Waals surface area contributed by atoms with E-state index >= 15 is 0 Å². The topological polar surface area (TPSA) is 195 Å². The molecule has 1 aliphatic heterocycles. The molecule has 0 aromatic carbocycles. The van der Waals surface area contributed by atoms with Crippen LogP contribution in [0.3, 0.4) is 0 Å². The zero-order chi connectivity index (χ0) is 29.8. The third kappa shape index (κ3) is 6.32. The molecule has 1 saturated heterocycles. The molecule has 4 rings (SSSR count). The van der Waals surface area contributed by atoms with Gasteiger partial charge in [-0.3, -0.25) is 14.9 Å². The highest BCUT2D eigenvalue weighted by molar-refractivity contribution is 5.88. The van der Waals surface area contributed by atoms with Crippen molar-refractivity contribution in [3.63, 3.8) is 0 Å². The van der Waals surface area contributed by atoms with E-state index in [1.54, 1.807) is 20.8 Å². The van der Waals surface area contributed by atoms with E-state index in [9.17, 15) is 29.9 Å². The van der Waals surface area contributed by atoms with E-state index in [-0.39, 0.29) is 29.4 Å². The molecule has 1 fully saturated rings. The van der Waals surface area contributed by atoms with E-state index in [4.69, 9.17) is 18.9 Å². The summed E-state index contributed by atoms with van der Waals surface area (Å²) in [6.45, 7) is 3.72. The number of hydrogen-bond acceptors (Lipinski definition) is 12. The normalized spacial score (nSPS) is 25.9. The number of fused-ring (bicyclic) bond motifs is 1. The number of aliphatic hydroxyl groups excluding tert-OH is 2. The van der Waals surface area contributed by atoms with Gasteiger partial charge in [0.05, 0.1) is 17.7 Å². The lowest BCUT2D eigenvalue weighted by Crippen LogP contribution is -2.43. The molecule has 1 amide bonds. The maximum absolute atomic E-state index is 12.7. The van der Waals surface area contributed by atoms with Gasteiger partial charge in [0.15, 0.2) is 11.9 Å². The van der Waals surface area contributed by atoms with Crippen LogP contribution in [0.15, 0.2) is 30.6 Å². The number of nitrogens with zero attached hydrogens (tertiary/aromatic N) is 4. The number of allylic oxidation sites excluding steroid dienone is 2. The largest absolute Gasteiger partial charge is 0.457 e. The fraction of sp³-hybridized carbons (Fsp3) is 0.556. The number of hydrogen-bond donors (Lipinski definition) is 3. The molecule has 0 bridgehead atoms. The van der Waals surface area contributed by atoms with Gasteiger partial charge < -0.3 is 29.2 Å². The maximum Gasteiger partial charge on any atom is 0.415 e. The van der Waals surface area contributed by atoms with Crippen LogP contribution < -0.4 is 5.32 Å². The highest BCUT2D eigenvalue weighted by Gasteiger charge is 2.59. The highest BCUT2D eigenvalue weighted by Crippen LogP contribution is 2.42. The zero-order valence-corrected chi connectivity index (χ0v) is 23.0. The second-order valence-corrected chi connectivity index (χ2v) is 10.9. The summed E-state index contributed by atoms with van der Waals surface area (Å²) in [7, 11) is 0. The molecule has 14 heteroatoms. The molecular weight excluding hydrogens is 538 g/mol. The minimum absolute atomic E-state index is 0.0119. The molecule has 0 spiro atoms. The van der Waals surface area contributed by atoms with Crippen molar-refractivity contribution in [2.75, 3.05) is 18.7 Å². The molecule has 3 heterocycles. The lowest BCUT2D eigenvalue weighted by Gasteiger charge is -2.25. The predicted octanol–water partition coefficient (Wildman–Crippen LogP) is 1.95. The summed E-state index contributed by atoms with van der Waals surface area (Å²) < 4.78 is 22.4. The van der Waals surface area contributed by atoms with Crippen LogP contribution in [0.2, 0.25) is 0 Å². The Morgan fingerprint density at radius 2 is 2.05 bits per heavy atom. The van der Waals surface area contributed by atoms with Crippen LogP contribution in [-0.4, -0.2) is 74.6 Å². The molecule has 2 aliphatic rings. The average molecular weight is 572 g/mol. The van der Waals surface area contributed by atoms with Crippen LogP contribution in [0.5, 0.6) is 0 Å². The third-order valence-electron chi connectivity index (χ3n) is 6.92. The second-order valence-electron chi connectivity index (χ2n) is 10.9. The average Bonchev–Trinajstić information content (AvgIpc) is 3.49. The molecule has 0 saturated carbocycles. The number of rotatable bonds is 8. The molecule has 41 heavy (non-hydrogen) atoms. The molecule has 0 radical (unpaired) electrons. The van der Waals surface area contributed by atoms with Gasteiger partial charge in [-0.25, -0.2) is 14.3 Å². The molecule has 5 atom stereocenters. The Hall–Kier alpha value is -4.06. The molecule has 1 aliphatic carbocycles. The van der Waals surface area contributed by atoms with Crippen molar-refractivity contribution in [3.05, 3.63) is 36.3 Å². The first-order valence-electron chi connectivity index (χ1n) is 13.2. The summed E-state index contributed by atoms with van der Waals surface area (Å²) in [4.78, 5) is 40.9. The minimum Gasteiger partial charge on any atom is -0.457 e. The van der Waals surface area contributed by atoms with Gasteiger partial charge in [-0.1, -0.05) is 12.2 Å². The summed E-state index contributed by atoms with van der Waals surface area (Å²) in [6, 6.07) is 4.87. The van der Waals surface area contributed by atoms with Crippen LogP contribution >= 0.6 is 0 Å². The summed E-state index contributed by atoms with van der Waals surface area (Å²) in [5.74, 6) is -1.03. The number of aliphatic hydroxyl groups is 2. The van der Waals surface area contributed by atoms with Gasteiger partial charge in [-0.2, -0.15) is 10.4 Å². The predicted molar refractivity (Wildman–Crippen MR) is 140 cm³/mol. The number of carbonyl (C=O) groups is 3. The Balaban J connectivity index is 1.51. The van der Waals surface area contributed by atoms with Crippen molar-refractivity contribution >= 4 is 29.4 Å². The van der Waals surface area contributed by atoms with Crippen LogP contribution in [0.1, 0.15) is 52.1 Å². The van der Waals surface area contributed by atoms with Crippen molar-refractivity contribution in [1.29, 1.82) is 5.26 Å². The van der Waals surface area contributed by atoms with Crippen molar-refractivity contribution in [1.82, 2.24) is 14.6 Å². The molecule has 220 valence electrons. The second kappa shape index (κ2) is 12.2. The molecule has 1 unspecified atom stereocenters. The SMILES string of the molecule is CC(C)(C)C(=O)OCOC(=O)Nc1ncnn2c([C@]3(C#N)O[C@H](CO)[C@@H](OC(=O)CC4CC=CCC4)[C@H]3O)ccc12. The van der Waals surface area contributed by atoms with Gasteiger partial charge in [0, 0.05) is 6.42 Å². The number of esters is 2. The van der Waals surface area contributed by atoms with E-state index in [0.29, 0.717) is 0 Å². The van der Waals surface area contributed by atoms with Gasteiger partial charge >= 0.3 is 18.0 Å². The number of carbonyl (C=O) groups excluding carboxylic acids is 3. The number of nitrogens with one attached hydrogen (secondary N) is 1. The van der Waals surface area contributed by atoms with Gasteiger partial charge in [-0.05, 0) is 58.1 Å². The number of nitriles is 1. The zero-order valence-electron chi connectivity index (χ0n) is 23.0. The first kappa shape index (κ1) is 29.9. The quantitative estimate of drug-likeness (QED) is 0.237. The number of aromatic nitrogens is 3. The molecular formula is C27H33N5O9. The summed E-state index contributed by atoms with van der Waals surface area (Å²) in [5, 5.41) is 38.0. The van der Waals surface area contributed by atoms with Gasteiger partial charge in [0.1, 0.15) is 30.1 Å². The van der Waals surface area contributed by atoms with Crippen molar-refractivity contribution in [2.45, 2.75) is 70.4 Å². The fourth-order valence-corrected chi connectivity index (χ4v) is 4.73. The van der Waals surface area contributed by atoms with Crippen molar-refractivity contribution in [3.8, 4) is 6.07 Å². The van der Waals surface area contributed by atoms with Crippen LogP contribution in [-0.2, 0) is 34.1 Å². The minimum atomic E-state index is -2.08. The van der Waals surface area contributed by atoms with Crippen LogP contribution in [0, 0.1) is 22.7 Å². The van der Waals surface area contributed by atoms with Crippen LogP contribution in [0.4, 0.5) is 10.6 Å². The first-order chi connectivity index (χ1) is 19.5. The number of amides is 1. The molecule has 2 aromatic rings. The van der Waals surface area contributed by atoms with E-state index < -0.39 is 60.8 Å². The summed E-state index contributed by atoms with van der Waals surface area (Å²) >= 11 is 0. The first-order valence-corrected chi connectivity index (χ1v) is 13.2. The lowest BCUT2D eigenvalue weighted by atomic mass is 9.91. The monoisotopic (exact) mass is 571 g/mol. The smallest absolute Gasteiger partial charge is 0.415 e. The van der Waals surface area contributed by atoms with Gasteiger partial charge in [-0.15, -0.1) is 0 Å². The third-order valence-corrected chi connectivity index (χ3v) is 6.92. The standard InChI is InChI=1S/C27H33N5O9/c1-26(2,3)24(36)38-15-39-25(37)31-23-17-9-10-19(32(17)30-14-29-23)27(13-28)22(35)21(18(12-33)41-27)40-20(34)11-16-7-5-4-6-8-16/h4-5,9-10,14,16,18,21-22,33,35H,6-8,11-12,15H2,1-3H3,(H,29,30,31,37)/t16?,18-,21-,22-,27+/m1/s1. The van der Waals surface area contributed by atoms with Crippen molar-refractivity contribution in [2.24, 2.45) is 11.3 Å². The number of anilines is 1. The van der Waals surface area contributed by atoms with Gasteiger partial charge in [0.2, 0.25) is 12.4 Å². The Morgan fingerprint density at radius 1 is 1.27 bits per heavy atom. The summed E-state index contributed by atoms with van der Waals surface area (Å²) in [6.07, 6.45) is 2.59. The van der Waals surface area contributed by atoms with E-state index in [0.717, 1.165) is 25.6 Å². The Morgan fingerprint density at radius 3 is 2.71 bits per heavy atom. The van der Waals surface area contributed by atoms with E-state index in [2.05, 4.69) is 21.5 Å². The number of ether oxygens (including phenoxy) is 4. The Labute approximate surface area is 235 Å². The summed E-state index contributed by atoms with van der Waals surface area (Å²) in [5.41, 5.74) is -2.59. The molecule has 3 N–H and O–H groups in total. The Kier molecular flexibility index (Phi) is 8.91. The van der Waals surface area contributed by atoms with E-state index in [1.807, 2.05) is 12.1 Å². The van der Waals surface area contributed by atoms with Gasteiger partial charge in [0.25, 0.3) is 0 Å². The highest BCUT2D eigenvalue weighted by atomic mass is 16.7. The molecule has 2 aromatic heterocycles. The van der Waals surface area contributed by atoms with Crippen molar-refractivity contribution < 1.29 is 43.5 Å². The van der Waals surface area contributed by atoms with E-state index in [1.165, 1.54) is 16.6 Å². The fourth-order valence-electron chi connectivity index (χ4n) is 4.73. The maximum atomic E-state index is 12.7. The van der Waals surface area contributed by atoms with Crippen LogP contribution in [0.25, 0.3) is 5.52 Å². The lowest BCUT2D eigenvalue weighted by molar-refractivity contribution is -0.161.